The van der Waals surface area contributed by atoms with Crippen molar-refractivity contribution >= 4 is 5.91 Å². The van der Waals surface area contributed by atoms with Crippen LogP contribution < -0.4 is 0 Å². The quantitative estimate of drug-likeness (QED) is 0.855. The summed E-state index contributed by atoms with van der Waals surface area (Å²) in [4.78, 5) is 18.9. The van der Waals surface area contributed by atoms with Gasteiger partial charge in [-0.2, -0.15) is 10.2 Å². The van der Waals surface area contributed by atoms with Crippen molar-refractivity contribution in [3.05, 3.63) is 29.6 Å². The molecule has 0 saturated carbocycles. The second-order valence-corrected chi connectivity index (χ2v) is 6.83. The highest BCUT2D eigenvalue weighted by molar-refractivity contribution is 5.79. The first kappa shape index (κ1) is 16.7. The lowest BCUT2D eigenvalue weighted by Crippen LogP contribution is -2.43. The summed E-state index contributed by atoms with van der Waals surface area (Å²) in [7, 11) is 1.95. The summed E-state index contributed by atoms with van der Waals surface area (Å²) in [5.41, 5.74) is 3.36. The summed E-state index contributed by atoms with van der Waals surface area (Å²) in [6.07, 6.45) is 6.09. The first-order valence-corrected chi connectivity index (χ1v) is 8.59. The smallest absolute Gasteiger partial charge is 0.225 e. The summed E-state index contributed by atoms with van der Waals surface area (Å²) in [5.74, 6) is 0.184. The van der Waals surface area contributed by atoms with E-state index in [1.807, 2.05) is 35.2 Å². The summed E-state index contributed by atoms with van der Waals surface area (Å²) < 4.78 is 3.77. The largest absolute Gasteiger partial charge is 0.340 e. The molecule has 24 heavy (non-hydrogen) atoms. The van der Waals surface area contributed by atoms with Crippen LogP contribution in [0.5, 0.6) is 0 Å². The molecule has 0 aromatic carbocycles. The Kier molecular flexibility index (Phi) is 4.69. The van der Waals surface area contributed by atoms with Crippen molar-refractivity contribution < 1.29 is 4.79 Å². The molecule has 1 amide bonds. The van der Waals surface area contributed by atoms with Gasteiger partial charge in [-0.25, -0.2) is 9.67 Å². The minimum absolute atomic E-state index is 0.0407. The number of likely N-dealkylation sites (tertiary alicyclic amines) is 1. The van der Waals surface area contributed by atoms with E-state index >= 15 is 0 Å². The van der Waals surface area contributed by atoms with Crippen LogP contribution in [0.15, 0.2) is 12.7 Å². The zero-order chi connectivity index (χ0) is 17.3. The van der Waals surface area contributed by atoms with Crippen LogP contribution in [0.3, 0.4) is 0 Å². The average molecular weight is 330 g/mol. The fourth-order valence-corrected chi connectivity index (χ4v) is 3.59. The van der Waals surface area contributed by atoms with E-state index in [0.717, 1.165) is 43.7 Å². The van der Waals surface area contributed by atoms with E-state index < -0.39 is 0 Å². The molecule has 0 spiro atoms. The Morgan fingerprint density at radius 1 is 1.42 bits per heavy atom. The molecule has 3 rings (SSSR count). The average Bonchev–Trinajstić information content (AvgIpc) is 3.19. The van der Waals surface area contributed by atoms with Gasteiger partial charge in [-0.3, -0.25) is 9.48 Å². The highest BCUT2D eigenvalue weighted by Crippen LogP contribution is 2.24. The van der Waals surface area contributed by atoms with Crippen LogP contribution in [0, 0.1) is 19.8 Å². The van der Waals surface area contributed by atoms with Crippen LogP contribution in [-0.4, -0.2) is 48.4 Å². The van der Waals surface area contributed by atoms with Gasteiger partial charge in [0.25, 0.3) is 0 Å². The molecule has 0 unspecified atom stereocenters. The first-order chi connectivity index (χ1) is 11.5. The molecule has 0 aliphatic carbocycles. The minimum Gasteiger partial charge on any atom is -0.340 e. The van der Waals surface area contributed by atoms with Gasteiger partial charge >= 0.3 is 0 Å². The Labute approximate surface area is 142 Å². The zero-order valence-electron chi connectivity index (χ0n) is 14.9. The third-order valence-corrected chi connectivity index (χ3v) is 5.11. The first-order valence-electron chi connectivity index (χ1n) is 8.59. The number of carbonyl (C=O) groups is 1. The molecule has 130 valence electrons. The number of piperidine rings is 1. The number of nitrogens with zero attached hydrogens (tertiary/aromatic N) is 6. The van der Waals surface area contributed by atoms with E-state index in [9.17, 15) is 4.79 Å². The number of rotatable bonds is 4. The Balaban J connectivity index is 1.66. The fraction of sp³-hybridized carbons (Fsp3) is 0.647. The number of hydrogen-bond acceptors (Lipinski definition) is 4. The van der Waals surface area contributed by atoms with Crippen LogP contribution in [0.2, 0.25) is 0 Å². The highest BCUT2D eigenvalue weighted by Gasteiger charge is 2.28. The number of aromatic nitrogens is 5. The van der Waals surface area contributed by atoms with Gasteiger partial charge in [-0.15, -0.1) is 0 Å². The predicted octanol–water partition coefficient (Wildman–Crippen LogP) is 1.67. The third kappa shape index (κ3) is 3.20. The molecular weight excluding hydrogens is 304 g/mol. The van der Waals surface area contributed by atoms with E-state index in [-0.39, 0.29) is 17.9 Å². The monoisotopic (exact) mass is 330 g/mol. The van der Waals surface area contributed by atoms with Gasteiger partial charge in [0.1, 0.15) is 12.7 Å². The van der Waals surface area contributed by atoms with Crippen molar-refractivity contribution in [2.45, 2.75) is 46.1 Å². The van der Waals surface area contributed by atoms with Gasteiger partial charge in [0, 0.05) is 31.7 Å². The summed E-state index contributed by atoms with van der Waals surface area (Å²) in [5, 5.41) is 8.68. The lowest BCUT2D eigenvalue weighted by molar-refractivity contribution is -0.136. The molecule has 0 N–H and O–H groups in total. The van der Waals surface area contributed by atoms with E-state index in [1.54, 1.807) is 12.7 Å². The van der Waals surface area contributed by atoms with Crippen molar-refractivity contribution in [1.82, 2.24) is 29.4 Å². The maximum Gasteiger partial charge on any atom is 0.225 e. The summed E-state index contributed by atoms with van der Waals surface area (Å²) in [6, 6.07) is 0.235. The second kappa shape index (κ2) is 6.75. The number of carbonyl (C=O) groups excluding carboxylic acids is 1. The molecule has 0 radical (unpaired) electrons. The van der Waals surface area contributed by atoms with E-state index in [1.165, 1.54) is 5.56 Å². The molecular formula is C17H26N6O. The van der Waals surface area contributed by atoms with Crippen molar-refractivity contribution in [1.29, 1.82) is 0 Å². The Hall–Kier alpha value is -2.18. The van der Waals surface area contributed by atoms with E-state index in [0.29, 0.717) is 0 Å². The van der Waals surface area contributed by atoms with Gasteiger partial charge in [0.15, 0.2) is 0 Å². The van der Waals surface area contributed by atoms with Crippen molar-refractivity contribution in [2.24, 2.45) is 13.0 Å². The maximum absolute atomic E-state index is 12.9. The molecule has 2 atom stereocenters. The molecule has 1 aliphatic heterocycles. The summed E-state index contributed by atoms with van der Waals surface area (Å²) >= 11 is 0. The topological polar surface area (TPSA) is 68.8 Å². The van der Waals surface area contributed by atoms with Crippen molar-refractivity contribution in [3.8, 4) is 0 Å². The second-order valence-electron chi connectivity index (χ2n) is 6.83. The Morgan fingerprint density at radius 3 is 2.83 bits per heavy atom. The van der Waals surface area contributed by atoms with Crippen molar-refractivity contribution in [2.75, 3.05) is 13.1 Å². The SMILES string of the molecule is Cc1nn(C)c(C)c1C[C@H](C)C(=O)N1CCC[C@@H](n2cncn2)C1. The normalized spacial score (nSPS) is 19.5. The summed E-state index contributed by atoms with van der Waals surface area (Å²) in [6.45, 7) is 7.65. The van der Waals surface area contributed by atoms with Crippen LogP contribution in [0.4, 0.5) is 0 Å². The van der Waals surface area contributed by atoms with Gasteiger partial charge in [0.05, 0.1) is 11.7 Å². The molecule has 0 bridgehead atoms. The lowest BCUT2D eigenvalue weighted by atomic mass is 9.96. The van der Waals surface area contributed by atoms with E-state index in [2.05, 4.69) is 22.1 Å². The molecule has 1 fully saturated rings. The number of aryl methyl sites for hydroxylation is 2. The highest BCUT2D eigenvalue weighted by atomic mass is 16.2. The van der Waals surface area contributed by atoms with Gasteiger partial charge in [0.2, 0.25) is 5.91 Å². The standard InChI is InChI=1S/C17H26N6O/c1-12(8-16-13(2)20-21(4)14(16)3)17(24)22-7-5-6-15(9-22)23-11-18-10-19-23/h10-12,15H,5-9H2,1-4H3/t12-,15+/m0/s1. The molecule has 2 aromatic rings. The molecule has 7 heteroatoms. The van der Waals surface area contributed by atoms with Crippen LogP contribution in [-0.2, 0) is 18.3 Å². The molecule has 2 aromatic heterocycles. The van der Waals surface area contributed by atoms with Gasteiger partial charge < -0.3 is 4.90 Å². The lowest BCUT2D eigenvalue weighted by Gasteiger charge is -2.34. The predicted molar refractivity (Wildman–Crippen MR) is 90.4 cm³/mol. The number of amides is 1. The van der Waals surface area contributed by atoms with Gasteiger partial charge in [-0.05, 0) is 38.7 Å². The van der Waals surface area contributed by atoms with Crippen LogP contribution >= 0.6 is 0 Å². The Morgan fingerprint density at radius 2 is 2.21 bits per heavy atom. The number of hydrogen-bond donors (Lipinski definition) is 0. The fourth-order valence-electron chi connectivity index (χ4n) is 3.59. The van der Waals surface area contributed by atoms with Crippen LogP contribution in [0.25, 0.3) is 0 Å². The van der Waals surface area contributed by atoms with Gasteiger partial charge in [-0.1, -0.05) is 6.92 Å². The molecule has 7 nitrogen and oxygen atoms in total. The minimum atomic E-state index is -0.0407. The maximum atomic E-state index is 12.9. The Bertz CT molecular complexity index is 705. The van der Waals surface area contributed by atoms with E-state index in [4.69, 9.17) is 0 Å². The zero-order valence-corrected chi connectivity index (χ0v) is 14.9. The van der Waals surface area contributed by atoms with Crippen molar-refractivity contribution in [3.63, 3.8) is 0 Å². The molecule has 1 saturated heterocycles. The third-order valence-electron chi connectivity index (χ3n) is 5.11. The molecule has 1 aliphatic rings. The molecule has 3 heterocycles. The van der Waals surface area contributed by atoms with Crippen LogP contribution in [0.1, 0.15) is 42.8 Å².